The highest BCUT2D eigenvalue weighted by molar-refractivity contribution is 5.78. The Morgan fingerprint density at radius 3 is 2.73 bits per heavy atom. The predicted molar refractivity (Wildman–Crippen MR) is 88.5 cm³/mol. The van der Waals surface area contributed by atoms with Gasteiger partial charge in [0.15, 0.2) is 0 Å². The van der Waals surface area contributed by atoms with Crippen molar-refractivity contribution in [3.63, 3.8) is 0 Å². The van der Waals surface area contributed by atoms with Crippen LogP contribution in [0.1, 0.15) is 65.7 Å². The fraction of sp³-hybridized carbons (Fsp3) is 0.842. The van der Waals surface area contributed by atoms with Crippen LogP contribution in [0.2, 0.25) is 0 Å². The lowest BCUT2D eigenvalue weighted by molar-refractivity contribution is -0.160. The van der Waals surface area contributed by atoms with Gasteiger partial charge in [-0.15, -0.1) is 0 Å². The maximum Gasteiger partial charge on any atom is 0.313 e. The molecule has 3 nitrogen and oxygen atoms in total. The molecule has 0 unspecified atom stereocenters. The largest absolute Gasteiger partial charge is 0.481 e. The fourth-order valence-corrected chi connectivity index (χ4v) is 4.90. The Bertz CT molecular complexity index is 430. The molecule has 2 aliphatic rings. The van der Waals surface area contributed by atoms with Crippen LogP contribution in [-0.4, -0.2) is 22.8 Å². The van der Waals surface area contributed by atoms with E-state index in [4.69, 9.17) is 5.11 Å². The van der Waals surface area contributed by atoms with Crippen molar-refractivity contribution in [1.82, 2.24) is 0 Å². The Labute approximate surface area is 134 Å². The van der Waals surface area contributed by atoms with Crippen LogP contribution in [-0.2, 0) is 4.79 Å². The minimum absolute atomic E-state index is 0.0884. The van der Waals surface area contributed by atoms with Crippen molar-refractivity contribution in [1.29, 1.82) is 0 Å². The third-order valence-corrected chi connectivity index (χ3v) is 6.77. The van der Waals surface area contributed by atoms with Gasteiger partial charge < -0.3 is 10.2 Å². The summed E-state index contributed by atoms with van der Waals surface area (Å²) in [5, 5.41) is 19.0. The van der Waals surface area contributed by atoms with Crippen molar-refractivity contribution in [3.8, 4) is 0 Å². The molecule has 0 bridgehead atoms. The highest BCUT2D eigenvalue weighted by Crippen LogP contribution is 2.60. The van der Waals surface area contributed by atoms with E-state index >= 15 is 0 Å². The summed E-state index contributed by atoms with van der Waals surface area (Å²) in [5.41, 5.74) is -0.551. The third kappa shape index (κ3) is 2.97. The van der Waals surface area contributed by atoms with Gasteiger partial charge in [-0.1, -0.05) is 39.3 Å². The summed E-state index contributed by atoms with van der Waals surface area (Å²) >= 11 is 0. The molecule has 2 rings (SSSR count). The van der Waals surface area contributed by atoms with Crippen LogP contribution in [0.25, 0.3) is 0 Å². The average Bonchev–Trinajstić information content (AvgIpc) is 2.50. The van der Waals surface area contributed by atoms with E-state index in [2.05, 4.69) is 26.8 Å². The second-order valence-electron chi connectivity index (χ2n) is 7.98. The van der Waals surface area contributed by atoms with Crippen molar-refractivity contribution >= 4 is 5.97 Å². The lowest BCUT2D eigenvalue weighted by Gasteiger charge is -2.55. The SMILES string of the molecule is C[C@H](CCO)CC[C@]1(C)[C@H]2CCC=C[C@@]2(C(=O)O)CC[C@@H]1C. The Balaban J connectivity index is 2.23. The van der Waals surface area contributed by atoms with E-state index in [1.165, 1.54) is 0 Å². The first kappa shape index (κ1) is 17.5. The number of allylic oxidation sites excluding steroid dienone is 1. The van der Waals surface area contributed by atoms with E-state index in [0.717, 1.165) is 44.9 Å². The Kier molecular flexibility index (Phi) is 5.37. The molecule has 2 N–H and O–H groups in total. The first-order chi connectivity index (χ1) is 10.4. The number of fused-ring (bicyclic) bond motifs is 1. The average molecular weight is 308 g/mol. The number of carboxylic acids is 1. The van der Waals surface area contributed by atoms with Crippen molar-refractivity contribution in [3.05, 3.63) is 12.2 Å². The molecule has 22 heavy (non-hydrogen) atoms. The topological polar surface area (TPSA) is 57.5 Å². The summed E-state index contributed by atoms with van der Waals surface area (Å²) in [4.78, 5) is 12.1. The van der Waals surface area contributed by atoms with Gasteiger partial charge in [0.2, 0.25) is 0 Å². The molecule has 1 saturated carbocycles. The Hall–Kier alpha value is -0.830. The van der Waals surface area contributed by atoms with Crippen molar-refractivity contribution < 1.29 is 15.0 Å². The van der Waals surface area contributed by atoms with Crippen LogP contribution in [0, 0.1) is 28.6 Å². The van der Waals surface area contributed by atoms with Gasteiger partial charge >= 0.3 is 5.97 Å². The Morgan fingerprint density at radius 1 is 1.36 bits per heavy atom. The quantitative estimate of drug-likeness (QED) is 0.721. The second kappa shape index (κ2) is 6.74. The molecule has 0 heterocycles. The lowest BCUT2D eigenvalue weighted by atomic mass is 9.48. The van der Waals surface area contributed by atoms with E-state index < -0.39 is 11.4 Å². The highest BCUT2D eigenvalue weighted by atomic mass is 16.4. The molecule has 0 aromatic rings. The Morgan fingerprint density at radius 2 is 2.09 bits per heavy atom. The molecular formula is C19H32O3. The maximum absolute atomic E-state index is 12.1. The molecule has 1 fully saturated rings. The smallest absolute Gasteiger partial charge is 0.313 e. The minimum atomic E-state index is -0.639. The third-order valence-electron chi connectivity index (χ3n) is 6.77. The van der Waals surface area contributed by atoms with Crippen LogP contribution in [0.5, 0.6) is 0 Å². The number of aliphatic carboxylic acids is 1. The molecule has 2 aliphatic carbocycles. The molecule has 3 heteroatoms. The number of carbonyl (C=O) groups is 1. The molecule has 0 aromatic carbocycles. The zero-order valence-corrected chi connectivity index (χ0v) is 14.3. The van der Waals surface area contributed by atoms with E-state index in [0.29, 0.717) is 11.8 Å². The molecular weight excluding hydrogens is 276 g/mol. The second-order valence-corrected chi connectivity index (χ2v) is 7.98. The fourth-order valence-electron chi connectivity index (χ4n) is 4.90. The molecule has 0 radical (unpaired) electrons. The van der Waals surface area contributed by atoms with Crippen molar-refractivity contribution in [2.75, 3.05) is 6.61 Å². The summed E-state index contributed by atoms with van der Waals surface area (Å²) < 4.78 is 0. The number of hydrogen-bond acceptors (Lipinski definition) is 2. The van der Waals surface area contributed by atoms with Crippen LogP contribution < -0.4 is 0 Å². The summed E-state index contributed by atoms with van der Waals surface area (Å²) in [7, 11) is 0. The number of hydrogen-bond donors (Lipinski definition) is 2. The number of aliphatic hydroxyl groups excluding tert-OH is 1. The van der Waals surface area contributed by atoms with Crippen LogP contribution >= 0.6 is 0 Å². The minimum Gasteiger partial charge on any atom is -0.481 e. The van der Waals surface area contributed by atoms with E-state index in [9.17, 15) is 9.90 Å². The maximum atomic E-state index is 12.1. The van der Waals surface area contributed by atoms with Crippen LogP contribution in [0.3, 0.4) is 0 Å². The molecule has 0 aromatic heterocycles. The van der Waals surface area contributed by atoms with Gasteiger partial charge in [-0.3, -0.25) is 4.79 Å². The van der Waals surface area contributed by atoms with Gasteiger partial charge in [0.1, 0.15) is 0 Å². The highest BCUT2D eigenvalue weighted by Gasteiger charge is 2.57. The number of aliphatic hydroxyl groups is 1. The standard InChI is InChI=1S/C19H32O3/c1-14(9-13-20)7-11-18(3)15(2)8-12-19(17(21)22)10-5-4-6-16(18)19/h5,10,14-16,20H,4,6-9,11-13H2,1-3H3,(H,21,22)/t14-,15-,16+,18-,19+/m0/s1. The van der Waals surface area contributed by atoms with E-state index in [1.807, 2.05) is 6.08 Å². The van der Waals surface area contributed by atoms with Crippen molar-refractivity contribution in [2.24, 2.45) is 28.6 Å². The normalized spacial score (nSPS) is 39.3. The summed E-state index contributed by atoms with van der Waals surface area (Å²) in [6, 6.07) is 0. The van der Waals surface area contributed by atoms with Gasteiger partial charge in [0, 0.05) is 6.61 Å². The molecule has 5 atom stereocenters. The van der Waals surface area contributed by atoms with Gasteiger partial charge in [-0.05, 0) is 61.7 Å². The van der Waals surface area contributed by atoms with Crippen LogP contribution in [0.4, 0.5) is 0 Å². The van der Waals surface area contributed by atoms with Crippen LogP contribution in [0.15, 0.2) is 12.2 Å². The molecule has 0 saturated heterocycles. The van der Waals surface area contributed by atoms with E-state index in [1.54, 1.807) is 0 Å². The molecule has 0 aliphatic heterocycles. The lowest BCUT2D eigenvalue weighted by Crippen LogP contribution is -2.53. The summed E-state index contributed by atoms with van der Waals surface area (Å²) in [6.07, 6.45) is 10.9. The van der Waals surface area contributed by atoms with Gasteiger partial charge in [-0.25, -0.2) is 0 Å². The summed E-state index contributed by atoms with van der Waals surface area (Å²) in [5.74, 6) is 0.690. The molecule has 126 valence electrons. The predicted octanol–water partition coefficient (Wildman–Crippen LogP) is 4.26. The zero-order chi connectivity index (χ0) is 16.4. The summed E-state index contributed by atoms with van der Waals surface area (Å²) in [6.45, 7) is 7.07. The monoisotopic (exact) mass is 308 g/mol. The van der Waals surface area contributed by atoms with E-state index in [-0.39, 0.29) is 17.9 Å². The van der Waals surface area contributed by atoms with Gasteiger partial charge in [0.05, 0.1) is 5.41 Å². The van der Waals surface area contributed by atoms with Gasteiger partial charge in [-0.2, -0.15) is 0 Å². The van der Waals surface area contributed by atoms with Crippen molar-refractivity contribution in [2.45, 2.75) is 65.7 Å². The first-order valence-electron chi connectivity index (χ1n) is 8.89. The zero-order valence-electron chi connectivity index (χ0n) is 14.3. The molecule has 0 spiro atoms. The number of carboxylic acid groups (broad SMARTS) is 1. The first-order valence-corrected chi connectivity index (χ1v) is 8.89. The van der Waals surface area contributed by atoms with Gasteiger partial charge in [0.25, 0.3) is 0 Å². The molecule has 0 amide bonds. The number of rotatable bonds is 6.